The van der Waals surface area contributed by atoms with E-state index in [9.17, 15) is 14.4 Å². The molecule has 160 valence electrons. The van der Waals surface area contributed by atoms with E-state index in [1.165, 1.54) is 23.2 Å². The van der Waals surface area contributed by atoms with E-state index in [-0.39, 0.29) is 23.7 Å². The average molecular weight is 422 g/mol. The number of ketones is 1. The molecule has 2 aromatic heterocycles. The van der Waals surface area contributed by atoms with Crippen LogP contribution < -0.4 is 20.7 Å². The Hall–Kier alpha value is -3.88. The molecule has 0 spiro atoms. The lowest BCUT2D eigenvalue weighted by Crippen LogP contribution is -2.27. The number of carbonyl (C=O) groups excluding carboxylic acids is 1. The van der Waals surface area contributed by atoms with Crippen LogP contribution in [-0.4, -0.2) is 38.8 Å². The number of benzene rings is 2. The molecule has 0 radical (unpaired) electrons. The molecule has 0 amide bonds. The molecule has 9 heteroatoms. The van der Waals surface area contributed by atoms with Crippen LogP contribution in [0.3, 0.4) is 0 Å². The highest BCUT2D eigenvalue weighted by Crippen LogP contribution is 2.27. The summed E-state index contributed by atoms with van der Waals surface area (Å²) in [6, 6.07) is 11.7. The number of hydrogen-bond donors (Lipinski definition) is 0. The Morgan fingerprint density at radius 3 is 2.48 bits per heavy atom. The minimum absolute atomic E-state index is 0.215. The van der Waals surface area contributed by atoms with Crippen molar-refractivity contribution < 1.29 is 14.3 Å². The van der Waals surface area contributed by atoms with E-state index < -0.39 is 5.69 Å². The molecule has 0 aliphatic rings. The Labute approximate surface area is 177 Å². The monoisotopic (exact) mass is 422 g/mol. The minimum atomic E-state index is -0.482. The van der Waals surface area contributed by atoms with Crippen LogP contribution in [0.4, 0.5) is 0 Å². The van der Waals surface area contributed by atoms with Crippen molar-refractivity contribution in [2.24, 2.45) is 0 Å². The molecule has 0 fully saturated rings. The van der Waals surface area contributed by atoms with Crippen LogP contribution in [0.15, 0.2) is 52.1 Å². The molecule has 2 aromatic carbocycles. The van der Waals surface area contributed by atoms with E-state index in [4.69, 9.17) is 9.47 Å². The number of ether oxygens (including phenoxy) is 2. The molecule has 31 heavy (non-hydrogen) atoms. The van der Waals surface area contributed by atoms with Gasteiger partial charge in [-0.05, 0) is 36.8 Å². The molecule has 0 unspecified atom stereocenters. The summed E-state index contributed by atoms with van der Waals surface area (Å²) in [7, 11) is 2.99. The Morgan fingerprint density at radius 1 is 1.03 bits per heavy atom. The Bertz CT molecular complexity index is 1410. The van der Waals surface area contributed by atoms with Gasteiger partial charge in [0.15, 0.2) is 17.3 Å². The maximum absolute atomic E-state index is 13.2. The summed E-state index contributed by atoms with van der Waals surface area (Å²) in [5, 5.41) is 4.76. The van der Waals surface area contributed by atoms with Crippen LogP contribution in [0.25, 0.3) is 16.7 Å². The maximum Gasteiger partial charge on any atom is 0.352 e. The zero-order valence-electron chi connectivity index (χ0n) is 17.5. The Balaban J connectivity index is 1.84. The highest BCUT2D eigenvalue weighted by molar-refractivity contribution is 5.96. The average Bonchev–Trinajstić information content (AvgIpc) is 3.11. The molecule has 0 atom stereocenters. The summed E-state index contributed by atoms with van der Waals surface area (Å²) >= 11 is 0. The van der Waals surface area contributed by atoms with Crippen molar-refractivity contribution in [2.45, 2.75) is 26.4 Å². The van der Waals surface area contributed by atoms with Crippen molar-refractivity contribution in [2.75, 3.05) is 14.2 Å². The zero-order chi connectivity index (χ0) is 22.1. The predicted molar refractivity (Wildman–Crippen MR) is 115 cm³/mol. The van der Waals surface area contributed by atoms with Gasteiger partial charge in [0.2, 0.25) is 5.78 Å². The van der Waals surface area contributed by atoms with Crippen LogP contribution in [0, 0.1) is 0 Å². The van der Waals surface area contributed by atoms with E-state index in [1.807, 2.05) is 6.92 Å². The Morgan fingerprint density at radius 2 is 1.77 bits per heavy atom. The quantitative estimate of drug-likeness (QED) is 0.423. The third kappa shape index (κ3) is 3.37. The molecule has 0 N–H and O–H groups in total. The molecule has 4 aromatic rings. The number of rotatable bonds is 7. The summed E-state index contributed by atoms with van der Waals surface area (Å²) in [5.74, 6) is 0.813. The fourth-order valence-electron chi connectivity index (χ4n) is 3.63. The highest BCUT2D eigenvalue weighted by Gasteiger charge is 2.19. The van der Waals surface area contributed by atoms with Gasteiger partial charge in [-0.1, -0.05) is 19.1 Å². The van der Waals surface area contributed by atoms with Gasteiger partial charge in [-0.15, -0.1) is 5.10 Å². The van der Waals surface area contributed by atoms with Crippen molar-refractivity contribution in [1.29, 1.82) is 0 Å². The normalized spacial score (nSPS) is 11.2. The predicted octanol–water partition coefficient (Wildman–Crippen LogP) is 2.12. The second-order valence-corrected chi connectivity index (χ2v) is 7.04. The molecular weight excluding hydrogens is 400 g/mol. The van der Waals surface area contributed by atoms with Gasteiger partial charge in [0, 0.05) is 12.1 Å². The van der Waals surface area contributed by atoms with Gasteiger partial charge in [0.25, 0.3) is 5.56 Å². The molecule has 0 aliphatic carbocycles. The molecule has 2 heterocycles. The number of hydrogen-bond acceptors (Lipinski definition) is 6. The third-order valence-electron chi connectivity index (χ3n) is 5.13. The lowest BCUT2D eigenvalue weighted by Gasteiger charge is -2.08. The van der Waals surface area contributed by atoms with E-state index in [1.54, 1.807) is 42.5 Å². The minimum Gasteiger partial charge on any atom is -0.493 e. The number of nitrogens with zero attached hydrogens (tertiary/aromatic N) is 4. The molecule has 4 rings (SSSR count). The maximum atomic E-state index is 13.2. The second kappa shape index (κ2) is 8.10. The number of Topliss-reactive ketones (excluding diaryl/α,β-unsaturated/α-hetero) is 1. The van der Waals surface area contributed by atoms with Crippen LogP contribution >= 0.6 is 0 Å². The first-order valence-corrected chi connectivity index (χ1v) is 9.86. The first-order chi connectivity index (χ1) is 15.0. The van der Waals surface area contributed by atoms with Gasteiger partial charge in [-0.25, -0.2) is 13.9 Å². The van der Waals surface area contributed by atoms with Gasteiger partial charge in [0.05, 0.1) is 25.1 Å². The lowest BCUT2D eigenvalue weighted by molar-refractivity contribution is 0.0966. The number of fused-ring (bicyclic) bond motifs is 3. The van der Waals surface area contributed by atoms with Crippen LogP contribution in [0.1, 0.15) is 23.7 Å². The molecule has 0 aliphatic heterocycles. The summed E-state index contributed by atoms with van der Waals surface area (Å²) in [4.78, 5) is 39.0. The van der Waals surface area contributed by atoms with Crippen LogP contribution in [0.2, 0.25) is 0 Å². The standard InChI is InChI=1S/C22H22N4O5/c1-4-11-24-20(28)15-7-5-6-8-16(15)26-21(24)23-25(22(26)29)13-17(27)14-9-10-18(30-2)19(12-14)31-3/h5-10,12H,4,11,13H2,1-3H3. The van der Waals surface area contributed by atoms with Crippen molar-refractivity contribution in [3.05, 3.63) is 68.9 Å². The second-order valence-electron chi connectivity index (χ2n) is 7.04. The Kier molecular flexibility index (Phi) is 5.33. The topological polar surface area (TPSA) is 96.8 Å². The molecule has 0 bridgehead atoms. The van der Waals surface area contributed by atoms with Crippen molar-refractivity contribution >= 4 is 22.5 Å². The summed E-state index contributed by atoms with van der Waals surface area (Å²) in [5.41, 5.74) is 0.125. The zero-order valence-corrected chi connectivity index (χ0v) is 17.5. The van der Waals surface area contributed by atoms with Crippen molar-refractivity contribution in [3.8, 4) is 11.5 Å². The highest BCUT2D eigenvalue weighted by atomic mass is 16.5. The summed E-state index contributed by atoms with van der Waals surface area (Å²) in [6.07, 6.45) is 0.694. The first-order valence-electron chi connectivity index (χ1n) is 9.86. The number of aryl methyl sites for hydroxylation is 1. The third-order valence-corrected chi connectivity index (χ3v) is 5.13. The molecule has 9 nitrogen and oxygen atoms in total. The SMILES string of the molecule is CCCn1c(=O)c2ccccc2n2c(=O)n(CC(=O)c3ccc(OC)c(OC)c3)nc12. The summed E-state index contributed by atoms with van der Waals surface area (Å²) in [6.45, 7) is 2.08. The first kappa shape index (κ1) is 20.4. The van der Waals surface area contributed by atoms with Crippen molar-refractivity contribution in [1.82, 2.24) is 18.7 Å². The fourth-order valence-corrected chi connectivity index (χ4v) is 3.63. The van der Waals surface area contributed by atoms with Crippen LogP contribution in [-0.2, 0) is 13.1 Å². The number of carbonyl (C=O) groups is 1. The number of aromatic nitrogens is 4. The molecule has 0 saturated carbocycles. The van der Waals surface area contributed by atoms with E-state index in [2.05, 4.69) is 5.10 Å². The molecule has 0 saturated heterocycles. The van der Waals surface area contributed by atoms with Gasteiger partial charge >= 0.3 is 5.69 Å². The van der Waals surface area contributed by atoms with Gasteiger partial charge in [-0.3, -0.25) is 14.2 Å². The van der Waals surface area contributed by atoms with Gasteiger partial charge in [-0.2, -0.15) is 0 Å². The van der Waals surface area contributed by atoms with E-state index >= 15 is 0 Å². The lowest BCUT2D eigenvalue weighted by atomic mass is 10.1. The smallest absolute Gasteiger partial charge is 0.352 e. The van der Waals surface area contributed by atoms with E-state index in [0.29, 0.717) is 40.9 Å². The van der Waals surface area contributed by atoms with Gasteiger partial charge in [0.1, 0.15) is 6.54 Å². The number of para-hydroxylation sites is 1. The molecular formula is C22H22N4O5. The van der Waals surface area contributed by atoms with Gasteiger partial charge < -0.3 is 9.47 Å². The van der Waals surface area contributed by atoms with E-state index in [0.717, 1.165) is 4.68 Å². The fraction of sp³-hybridized carbons (Fsp3) is 0.273. The van der Waals surface area contributed by atoms with Crippen molar-refractivity contribution in [3.63, 3.8) is 0 Å². The van der Waals surface area contributed by atoms with Crippen LogP contribution in [0.5, 0.6) is 11.5 Å². The largest absolute Gasteiger partial charge is 0.493 e. The number of methoxy groups -OCH3 is 2. The summed E-state index contributed by atoms with van der Waals surface area (Å²) < 4.78 is 14.4.